The van der Waals surface area contributed by atoms with Crippen LogP contribution in [-0.4, -0.2) is 15.2 Å². The van der Waals surface area contributed by atoms with Gasteiger partial charge in [0.25, 0.3) is 0 Å². The summed E-state index contributed by atoms with van der Waals surface area (Å²) in [4.78, 5) is 3.88. The Morgan fingerprint density at radius 3 is 3.20 bits per heavy atom. The molecule has 2 aromatic heterocycles. The molecule has 0 spiro atoms. The van der Waals surface area contributed by atoms with Crippen LogP contribution in [0, 0.1) is 11.3 Å². The number of aromatic amines is 1. The van der Waals surface area contributed by atoms with Crippen LogP contribution in [0.4, 0.5) is 5.69 Å². The lowest BCUT2D eigenvalue weighted by molar-refractivity contribution is 1.09. The van der Waals surface area contributed by atoms with Crippen LogP contribution in [0.25, 0.3) is 0 Å². The minimum absolute atomic E-state index is 0.409. The highest BCUT2D eigenvalue weighted by Gasteiger charge is 1.96. The van der Waals surface area contributed by atoms with Crippen molar-refractivity contribution >= 4 is 5.69 Å². The van der Waals surface area contributed by atoms with Crippen molar-refractivity contribution in [2.45, 2.75) is 6.54 Å². The zero-order valence-electron chi connectivity index (χ0n) is 7.94. The molecule has 2 N–H and O–H groups in total. The number of rotatable bonds is 3. The zero-order chi connectivity index (χ0) is 10.5. The number of nitrogens with zero attached hydrogens (tertiary/aromatic N) is 3. The molecule has 2 heterocycles. The molecule has 2 rings (SSSR count). The fourth-order valence-corrected chi connectivity index (χ4v) is 1.18. The molecule has 0 aromatic carbocycles. The Kier molecular flexibility index (Phi) is 2.61. The van der Waals surface area contributed by atoms with E-state index >= 15 is 0 Å². The predicted molar refractivity (Wildman–Crippen MR) is 54.9 cm³/mol. The first-order valence-corrected chi connectivity index (χ1v) is 4.46. The van der Waals surface area contributed by atoms with E-state index in [1.165, 1.54) is 0 Å². The van der Waals surface area contributed by atoms with Crippen molar-refractivity contribution in [1.29, 1.82) is 5.26 Å². The molecule has 5 nitrogen and oxygen atoms in total. The quantitative estimate of drug-likeness (QED) is 0.780. The van der Waals surface area contributed by atoms with Gasteiger partial charge in [0.1, 0.15) is 11.8 Å². The van der Waals surface area contributed by atoms with Gasteiger partial charge in [0.2, 0.25) is 0 Å². The van der Waals surface area contributed by atoms with Crippen LogP contribution in [0.15, 0.2) is 30.7 Å². The van der Waals surface area contributed by atoms with Crippen LogP contribution in [0.5, 0.6) is 0 Å². The third-order valence-electron chi connectivity index (χ3n) is 1.93. The van der Waals surface area contributed by atoms with Crippen molar-refractivity contribution in [3.63, 3.8) is 0 Å². The van der Waals surface area contributed by atoms with E-state index in [2.05, 4.69) is 20.5 Å². The third kappa shape index (κ3) is 2.31. The lowest BCUT2D eigenvalue weighted by atomic mass is 10.3. The Labute approximate surface area is 86.8 Å². The SMILES string of the molecule is N#Cc1cc(NCc2cn[nH]c2)ccn1. The van der Waals surface area contributed by atoms with Gasteiger partial charge in [-0.1, -0.05) is 0 Å². The molecule has 2 aromatic rings. The summed E-state index contributed by atoms with van der Waals surface area (Å²) in [5, 5.41) is 18.4. The minimum atomic E-state index is 0.409. The van der Waals surface area contributed by atoms with E-state index in [1.807, 2.05) is 18.3 Å². The maximum Gasteiger partial charge on any atom is 0.142 e. The monoisotopic (exact) mass is 199 g/mol. The second kappa shape index (κ2) is 4.24. The molecule has 0 saturated carbocycles. The lowest BCUT2D eigenvalue weighted by Crippen LogP contribution is -1.98. The number of aromatic nitrogens is 3. The standard InChI is InChI=1S/C10H9N5/c11-4-10-3-9(1-2-12-10)13-5-8-6-14-15-7-8/h1-3,6-7H,5H2,(H,12,13)(H,14,15). The first-order valence-electron chi connectivity index (χ1n) is 4.46. The summed E-state index contributed by atoms with van der Waals surface area (Å²) >= 11 is 0. The molecule has 0 bridgehead atoms. The van der Waals surface area contributed by atoms with Crippen LogP contribution < -0.4 is 5.32 Å². The largest absolute Gasteiger partial charge is 0.381 e. The Morgan fingerprint density at radius 1 is 1.53 bits per heavy atom. The highest BCUT2D eigenvalue weighted by molar-refractivity contribution is 5.46. The van der Waals surface area contributed by atoms with Gasteiger partial charge in [-0.3, -0.25) is 5.10 Å². The molecule has 0 unspecified atom stereocenters. The van der Waals surface area contributed by atoms with Crippen LogP contribution in [0.3, 0.4) is 0 Å². The van der Waals surface area contributed by atoms with Gasteiger partial charge in [-0.25, -0.2) is 4.98 Å². The van der Waals surface area contributed by atoms with Crippen molar-refractivity contribution in [3.8, 4) is 6.07 Å². The van der Waals surface area contributed by atoms with Gasteiger partial charge in [-0.15, -0.1) is 0 Å². The van der Waals surface area contributed by atoms with E-state index in [0.717, 1.165) is 11.3 Å². The number of pyridine rings is 1. The molecule has 0 fully saturated rings. The van der Waals surface area contributed by atoms with Crippen molar-refractivity contribution in [2.24, 2.45) is 0 Å². The fraction of sp³-hybridized carbons (Fsp3) is 0.100. The topological polar surface area (TPSA) is 77.4 Å². The summed E-state index contributed by atoms with van der Waals surface area (Å²) < 4.78 is 0. The molecule has 15 heavy (non-hydrogen) atoms. The second-order valence-corrected chi connectivity index (χ2v) is 3.00. The van der Waals surface area contributed by atoms with Crippen LogP contribution in [-0.2, 0) is 6.54 Å². The fourth-order valence-electron chi connectivity index (χ4n) is 1.18. The first kappa shape index (κ1) is 9.21. The molecule has 0 radical (unpaired) electrons. The number of nitriles is 1. The zero-order valence-corrected chi connectivity index (χ0v) is 7.94. The smallest absolute Gasteiger partial charge is 0.142 e. The van der Waals surface area contributed by atoms with Gasteiger partial charge < -0.3 is 5.32 Å². The van der Waals surface area contributed by atoms with Gasteiger partial charge in [-0.2, -0.15) is 10.4 Å². The van der Waals surface area contributed by atoms with E-state index in [4.69, 9.17) is 5.26 Å². The normalized spacial score (nSPS) is 9.53. The minimum Gasteiger partial charge on any atom is -0.381 e. The number of hydrogen-bond donors (Lipinski definition) is 2. The van der Waals surface area contributed by atoms with Crippen molar-refractivity contribution in [2.75, 3.05) is 5.32 Å². The Hall–Kier alpha value is -2.35. The molecular formula is C10H9N5. The van der Waals surface area contributed by atoms with E-state index in [0.29, 0.717) is 12.2 Å². The summed E-state index contributed by atoms with van der Waals surface area (Å²) in [7, 11) is 0. The van der Waals surface area contributed by atoms with Crippen molar-refractivity contribution in [3.05, 3.63) is 42.0 Å². The first-order chi connectivity index (χ1) is 7.38. The van der Waals surface area contributed by atoms with E-state index in [1.54, 1.807) is 18.5 Å². The molecule has 0 aliphatic heterocycles. The van der Waals surface area contributed by atoms with Crippen molar-refractivity contribution in [1.82, 2.24) is 15.2 Å². The van der Waals surface area contributed by atoms with E-state index in [-0.39, 0.29) is 0 Å². The summed E-state index contributed by atoms with van der Waals surface area (Å²) in [5.41, 5.74) is 2.35. The Morgan fingerprint density at radius 2 is 2.47 bits per heavy atom. The average molecular weight is 199 g/mol. The second-order valence-electron chi connectivity index (χ2n) is 3.00. The number of anilines is 1. The van der Waals surface area contributed by atoms with Gasteiger partial charge in [0.05, 0.1) is 6.20 Å². The van der Waals surface area contributed by atoms with Crippen LogP contribution in [0.1, 0.15) is 11.3 Å². The molecule has 0 aliphatic rings. The Balaban J connectivity index is 2.02. The molecule has 5 heteroatoms. The van der Waals surface area contributed by atoms with Gasteiger partial charge in [0.15, 0.2) is 0 Å². The molecule has 0 amide bonds. The predicted octanol–water partition coefficient (Wildman–Crippen LogP) is 1.29. The van der Waals surface area contributed by atoms with E-state index in [9.17, 15) is 0 Å². The van der Waals surface area contributed by atoms with Crippen molar-refractivity contribution < 1.29 is 0 Å². The van der Waals surface area contributed by atoms with Crippen LogP contribution in [0.2, 0.25) is 0 Å². The maximum atomic E-state index is 8.66. The molecule has 0 atom stereocenters. The Bertz CT molecular complexity index is 469. The lowest BCUT2D eigenvalue weighted by Gasteiger charge is -2.03. The molecule has 74 valence electrons. The number of H-pyrrole nitrogens is 1. The highest BCUT2D eigenvalue weighted by Crippen LogP contribution is 2.08. The maximum absolute atomic E-state index is 8.66. The number of nitrogens with one attached hydrogen (secondary N) is 2. The molecule has 0 saturated heterocycles. The van der Waals surface area contributed by atoms with Gasteiger partial charge >= 0.3 is 0 Å². The average Bonchev–Trinajstić information content (AvgIpc) is 2.79. The summed E-state index contributed by atoms with van der Waals surface area (Å²) in [6.45, 7) is 0.672. The van der Waals surface area contributed by atoms with E-state index < -0.39 is 0 Å². The summed E-state index contributed by atoms with van der Waals surface area (Å²) in [6, 6.07) is 5.52. The van der Waals surface area contributed by atoms with Gasteiger partial charge in [-0.05, 0) is 12.1 Å². The summed E-state index contributed by atoms with van der Waals surface area (Å²) in [6.07, 6.45) is 5.18. The molecular weight excluding hydrogens is 190 g/mol. The summed E-state index contributed by atoms with van der Waals surface area (Å²) in [5.74, 6) is 0. The highest BCUT2D eigenvalue weighted by atomic mass is 15.1. The molecule has 0 aliphatic carbocycles. The third-order valence-corrected chi connectivity index (χ3v) is 1.93. The van der Waals surface area contributed by atoms with Gasteiger partial charge in [0, 0.05) is 30.2 Å². The van der Waals surface area contributed by atoms with Crippen LogP contribution >= 0.6 is 0 Å². The number of hydrogen-bond acceptors (Lipinski definition) is 4.